The number of amides is 1. The predicted octanol–water partition coefficient (Wildman–Crippen LogP) is 1.06. The van der Waals surface area contributed by atoms with E-state index in [4.69, 9.17) is 21.8 Å². The molecule has 0 aromatic rings. The summed E-state index contributed by atoms with van der Waals surface area (Å²) in [6.07, 6.45) is 0. The van der Waals surface area contributed by atoms with Crippen molar-refractivity contribution in [3.05, 3.63) is 10.7 Å². The fourth-order valence-corrected chi connectivity index (χ4v) is 3.94. The molecule has 2 rings (SSSR count). The first kappa shape index (κ1) is 13.9. The Morgan fingerprint density at radius 3 is 2.72 bits per heavy atom. The summed E-state index contributed by atoms with van der Waals surface area (Å²) in [7, 11) is -2.02. The lowest BCUT2D eigenvalue weighted by atomic mass is 10.1. The maximum Gasteiger partial charge on any atom is 0.343 e. The molecule has 0 spiro atoms. The second-order valence-corrected chi connectivity index (χ2v) is 11.2. The number of carbonyl (C=O) groups is 2. The monoisotopic (exact) mass is 306 g/mol. The normalized spacial score (nSPS) is 27.8. The maximum absolute atomic E-state index is 12.1. The SMILES string of the molecule is C[Si](C)(C)OC(=O)C1=C(Cl)CS[C@@H]2[C@H](N)C(=O)N12. The van der Waals surface area contributed by atoms with Crippen LogP contribution in [0.3, 0.4) is 0 Å². The number of carbonyl (C=O) groups excluding carboxylic acids is 2. The van der Waals surface area contributed by atoms with Crippen LogP contribution >= 0.6 is 23.4 Å². The van der Waals surface area contributed by atoms with Gasteiger partial charge in [0.05, 0.1) is 5.03 Å². The van der Waals surface area contributed by atoms with Gasteiger partial charge in [-0.3, -0.25) is 9.69 Å². The molecule has 0 aliphatic carbocycles. The lowest BCUT2D eigenvalue weighted by molar-refractivity contribution is -0.147. The van der Waals surface area contributed by atoms with Crippen molar-refractivity contribution in [1.82, 2.24) is 4.90 Å². The van der Waals surface area contributed by atoms with Crippen LogP contribution < -0.4 is 5.73 Å². The highest BCUT2D eigenvalue weighted by molar-refractivity contribution is 8.00. The van der Waals surface area contributed by atoms with Crippen LogP contribution in [0.1, 0.15) is 0 Å². The summed E-state index contributed by atoms with van der Waals surface area (Å²) in [6.45, 7) is 5.70. The Labute approximate surface area is 116 Å². The summed E-state index contributed by atoms with van der Waals surface area (Å²) in [5, 5.41) is 0.170. The number of hydrogen-bond acceptors (Lipinski definition) is 5. The Kier molecular flexibility index (Phi) is 3.52. The molecule has 1 fully saturated rings. The number of β-lactam (4-membered cyclic amide) rings is 1. The number of nitrogens with zero attached hydrogens (tertiary/aromatic N) is 1. The minimum absolute atomic E-state index is 0.176. The summed E-state index contributed by atoms with van der Waals surface area (Å²) in [5.74, 6) is -0.294. The van der Waals surface area contributed by atoms with Crippen LogP contribution in [0.25, 0.3) is 0 Å². The molecule has 0 bridgehead atoms. The summed E-state index contributed by atoms with van der Waals surface area (Å²) in [5.41, 5.74) is 5.87. The molecule has 2 atom stereocenters. The molecule has 0 saturated carbocycles. The fourth-order valence-electron chi connectivity index (χ4n) is 1.80. The van der Waals surface area contributed by atoms with Gasteiger partial charge in [0.2, 0.25) is 14.2 Å². The zero-order valence-electron chi connectivity index (χ0n) is 10.4. The number of fused-ring (bicyclic) bond motifs is 1. The minimum atomic E-state index is -2.02. The number of rotatable bonds is 2. The van der Waals surface area contributed by atoms with Gasteiger partial charge in [0.15, 0.2) is 0 Å². The molecule has 2 aliphatic heterocycles. The third kappa shape index (κ3) is 2.32. The lowest BCUT2D eigenvalue weighted by Crippen LogP contribution is -2.68. The van der Waals surface area contributed by atoms with E-state index in [9.17, 15) is 9.59 Å². The third-order valence-electron chi connectivity index (χ3n) is 2.56. The molecule has 0 aromatic carbocycles. The maximum atomic E-state index is 12.1. The average Bonchev–Trinajstić information content (AvgIpc) is 2.25. The molecule has 0 aromatic heterocycles. The molecular weight excluding hydrogens is 292 g/mol. The topological polar surface area (TPSA) is 72.6 Å². The second-order valence-electron chi connectivity index (χ2n) is 5.19. The van der Waals surface area contributed by atoms with E-state index in [0.717, 1.165) is 0 Å². The van der Waals surface area contributed by atoms with Crippen LogP contribution in [-0.2, 0) is 14.0 Å². The van der Waals surface area contributed by atoms with Crippen LogP contribution in [0.4, 0.5) is 0 Å². The van der Waals surface area contributed by atoms with E-state index in [1.165, 1.54) is 16.7 Å². The first-order valence-electron chi connectivity index (χ1n) is 5.54. The van der Waals surface area contributed by atoms with Gasteiger partial charge in [0, 0.05) is 5.75 Å². The van der Waals surface area contributed by atoms with Crippen molar-refractivity contribution < 1.29 is 14.0 Å². The first-order valence-corrected chi connectivity index (χ1v) is 10.4. The van der Waals surface area contributed by atoms with Crippen LogP contribution in [-0.4, -0.2) is 42.3 Å². The van der Waals surface area contributed by atoms with Gasteiger partial charge in [-0.05, 0) is 19.6 Å². The molecule has 2 N–H and O–H groups in total. The van der Waals surface area contributed by atoms with E-state index in [1.54, 1.807) is 0 Å². The molecule has 0 unspecified atom stereocenters. The van der Waals surface area contributed by atoms with Crippen molar-refractivity contribution in [3.63, 3.8) is 0 Å². The van der Waals surface area contributed by atoms with Gasteiger partial charge in [-0.25, -0.2) is 4.79 Å². The number of nitrogens with two attached hydrogens (primary N) is 1. The zero-order valence-corrected chi connectivity index (χ0v) is 13.0. The van der Waals surface area contributed by atoms with E-state index in [-0.39, 0.29) is 17.0 Å². The number of hydrogen-bond donors (Lipinski definition) is 1. The van der Waals surface area contributed by atoms with E-state index >= 15 is 0 Å². The predicted molar refractivity (Wildman–Crippen MR) is 73.4 cm³/mol. The van der Waals surface area contributed by atoms with Crippen LogP contribution in [0.5, 0.6) is 0 Å². The van der Waals surface area contributed by atoms with E-state index < -0.39 is 20.3 Å². The number of halogens is 1. The highest BCUT2D eigenvalue weighted by Crippen LogP contribution is 2.40. The molecule has 8 heteroatoms. The van der Waals surface area contributed by atoms with Gasteiger partial charge in [0.1, 0.15) is 17.1 Å². The van der Waals surface area contributed by atoms with Gasteiger partial charge in [-0.2, -0.15) is 0 Å². The Morgan fingerprint density at radius 2 is 2.17 bits per heavy atom. The van der Waals surface area contributed by atoms with E-state index in [1.807, 2.05) is 19.6 Å². The Morgan fingerprint density at radius 1 is 1.56 bits per heavy atom. The highest BCUT2D eigenvalue weighted by atomic mass is 35.5. The van der Waals surface area contributed by atoms with E-state index in [2.05, 4.69) is 0 Å². The van der Waals surface area contributed by atoms with Gasteiger partial charge >= 0.3 is 5.97 Å². The van der Waals surface area contributed by atoms with Crippen molar-refractivity contribution in [2.45, 2.75) is 31.1 Å². The molecule has 0 radical (unpaired) electrons. The molecule has 2 heterocycles. The minimum Gasteiger partial charge on any atom is -0.515 e. The van der Waals surface area contributed by atoms with Crippen molar-refractivity contribution >= 4 is 43.6 Å². The van der Waals surface area contributed by atoms with Gasteiger partial charge in [0.25, 0.3) is 0 Å². The quantitative estimate of drug-likeness (QED) is 0.610. The Balaban J connectivity index is 2.25. The molecule has 1 amide bonds. The molecule has 2 aliphatic rings. The van der Waals surface area contributed by atoms with Crippen molar-refractivity contribution in [3.8, 4) is 0 Å². The van der Waals surface area contributed by atoms with Gasteiger partial charge in [-0.1, -0.05) is 11.6 Å². The second kappa shape index (κ2) is 4.55. The first-order chi connectivity index (χ1) is 8.22. The summed E-state index contributed by atoms with van der Waals surface area (Å²) >= 11 is 7.52. The van der Waals surface area contributed by atoms with Crippen LogP contribution in [0.2, 0.25) is 19.6 Å². The zero-order chi connectivity index (χ0) is 13.7. The molecule has 100 valence electrons. The van der Waals surface area contributed by atoms with E-state index in [0.29, 0.717) is 10.8 Å². The average molecular weight is 307 g/mol. The largest absolute Gasteiger partial charge is 0.515 e. The third-order valence-corrected chi connectivity index (χ3v) is 5.12. The van der Waals surface area contributed by atoms with Crippen LogP contribution in [0.15, 0.2) is 10.7 Å². The Hall–Kier alpha value is -0.503. The van der Waals surface area contributed by atoms with Crippen LogP contribution in [0, 0.1) is 0 Å². The summed E-state index contributed by atoms with van der Waals surface area (Å²) < 4.78 is 5.40. The van der Waals surface area contributed by atoms with Gasteiger partial charge in [-0.15, -0.1) is 11.8 Å². The van der Waals surface area contributed by atoms with Crippen molar-refractivity contribution in [1.29, 1.82) is 0 Å². The smallest absolute Gasteiger partial charge is 0.343 e. The Bertz CT molecular complexity index is 449. The number of thioether (sulfide) groups is 1. The molecule has 18 heavy (non-hydrogen) atoms. The summed E-state index contributed by atoms with van der Waals surface area (Å²) in [4.78, 5) is 25.2. The standard InChI is InChI=1S/C10H15ClN2O3SSi/c1-18(2,3)16-10(15)7-5(11)4-17-9-6(12)8(14)13(7)9/h6,9H,4,12H2,1-3H3/t6-,9-/m1/s1. The van der Waals surface area contributed by atoms with Crippen molar-refractivity contribution in [2.24, 2.45) is 5.73 Å². The lowest BCUT2D eigenvalue weighted by Gasteiger charge is -2.47. The summed E-state index contributed by atoms with van der Waals surface area (Å²) in [6, 6.07) is -0.547. The van der Waals surface area contributed by atoms with Gasteiger partial charge < -0.3 is 10.2 Å². The fraction of sp³-hybridized carbons (Fsp3) is 0.600. The molecule has 1 saturated heterocycles. The molecule has 5 nitrogen and oxygen atoms in total. The van der Waals surface area contributed by atoms with Crippen molar-refractivity contribution in [2.75, 3.05) is 5.75 Å². The molecular formula is C10H15ClN2O3SSi. The highest BCUT2D eigenvalue weighted by Gasteiger charge is 2.52.